The van der Waals surface area contributed by atoms with Gasteiger partial charge in [-0.2, -0.15) is 8.42 Å². The fraction of sp³-hybridized carbons (Fsp3) is 0.0833. The van der Waals surface area contributed by atoms with E-state index in [1.165, 1.54) is 18.3 Å². The van der Waals surface area contributed by atoms with Gasteiger partial charge in [-0.05, 0) is 23.8 Å². The minimum atomic E-state index is -3.68. The summed E-state index contributed by atoms with van der Waals surface area (Å²) in [5, 5.41) is 8.78. The highest BCUT2D eigenvalue weighted by atomic mass is 32.2. The van der Waals surface area contributed by atoms with E-state index in [1.807, 2.05) is 0 Å². The predicted molar refractivity (Wildman–Crippen MR) is 67.4 cm³/mol. The number of rotatable bonds is 4. The van der Waals surface area contributed by atoms with Crippen LogP contribution in [-0.4, -0.2) is 18.5 Å². The van der Waals surface area contributed by atoms with Crippen molar-refractivity contribution in [2.45, 2.75) is 11.6 Å². The van der Waals surface area contributed by atoms with Crippen LogP contribution in [0.25, 0.3) is 0 Å². The molecule has 1 heterocycles. The van der Waals surface area contributed by atoms with E-state index in [9.17, 15) is 8.42 Å². The fourth-order valence-electron chi connectivity index (χ4n) is 1.38. The highest BCUT2D eigenvalue weighted by Crippen LogP contribution is 2.13. The summed E-state index contributed by atoms with van der Waals surface area (Å²) in [6.07, 6.45) is 1.33. The molecule has 18 heavy (non-hydrogen) atoms. The van der Waals surface area contributed by atoms with Gasteiger partial charge in [-0.1, -0.05) is 24.3 Å². The lowest BCUT2D eigenvalue weighted by molar-refractivity contribution is 0.281. The summed E-state index contributed by atoms with van der Waals surface area (Å²) in [5.41, 5.74) is 1.04. The number of aromatic nitrogens is 1. The lowest BCUT2D eigenvalue weighted by Gasteiger charge is -2.07. The Kier molecular flexibility index (Phi) is 3.59. The van der Waals surface area contributed by atoms with Crippen molar-refractivity contribution in [2.75, 3.05) is 4.72 Å². The van der Waals surface area contributed by atoms with E-state index in [4.69, 9.17) is 5.11 Å². The van der Waals surface area contributed by atoms with E-state index in [0.29, 0.717) is 11.3 Å². The molecule has 0 saturated heterocycles. The fourth-order valence-corrected chi connectivity index (χ4v) is 2.37. The van der Waals surface area contributed by atoms with Crippen LogP contribution in [0.5, 0.6) is 0 Å². The topological polar surface area (TPSA) is 79.3 Å². The predicted octanol–water partition coefficient (Wildman–Crippen LogP) is 1.37. The van der Waals surface area contributed by atoms with Gasteiger partial charge in [-0.25, -0.2) is 4.98 Å². The quantitative estimate of drug-likeness (QED) is 0.874. The molecular weight excluding hydrogens is 252 g/mol. The number of pyridine rings is 1. The molecule has 6 heteroatoms. The van der Waals surface area contributed by atoms with Gasteiger partial charge in [0.25, 0.3) is 10.0 Å². The number of nitrogens with one attached hydrogen (secondary N) is 1. The minimum absolute atomic E-state index is 0.0800. The largest absolute Gasteiger partial charge is 0.392 e. The Balaban J connectivity index is 2.25. The number of hydrogen-bond donors (Lipinski definition) is 2. The molecule has 2 rings (SSSR count). The number of para-hydroxylation sites is 1. The number of anilines is 1. The van der Waals surface area contributed by atoms with Crippen molar-refractivity contribution in [1.82, 2.24) is 4.98 Å². The van der Waals surface area contributed by atoms with Gasteiger partial charge < -0.3 is 5.11 Å². The number of hydrogen-bond acceptors (Lipinski definition) is 4. The molecular formula is C12H12N2O3S. The second-order valence-corrected chi connectivity index (χ2v) is 5.26. The maximum Gasteiger partial charge on any atom is 0.279 e. The van der Waals surface area contributed by atoms with Crippen LogP contribution in [0.15, 0.2) is 53.7 Å². The molecule has 0 atom stereocenters. The SMILES string of the molecule is O=S(=O)(Nc1ccccc1)c1ccc(CO)cn1. The Morgan fingerprint density at radius 3 is 2.39 bits per heavy atom. The zero-order valence-corrected chi connectivity index (χ0v) is 10.3. The lowest BCUT2D eigenvalue weighted by atomic mass is 10.3. The smallest absolute Gasteiger partial charge is 0.279 e. The summed E-state index contributed by atoms with van der Waals surface area (Å²) < 4.78 is 26.3. The van der Waals surface area contributed by atoms with Crippen molar-refractivity contribution in [3.63, 3.8) is 0 Å². The molecule has 0 saturated carbocycles. The van der Waals surface area contributed by atoms with Crippen molar-refractivity contribution >= 4 is 15.7 Å². The van der Waals surface area contributed by atoms with Crippen LogP contribution >= 0.6 is 0 Å². The molecule has 0 unspecified atom stereocenters. The van der Waals surface area contributed by atoms with Crippen molar-refractivity contribution in [3.05, 3.63) is 54.2 Å². The Bertz CT molecular complexity index is 610. The molecule has 94 valence electrons. The summed E-state index contributed by atoms with van der Waals surface area (Å²) in [5.74, 6) is 0. The van der Waals surface area contributed by atoms with Gasteiger partial charge in [0.15, 0.2) is 5.03 Å². The molecule has 0 fully saturated rings. The Hall–Kier alpha value is -1.92. The monoisotopic (exact) mass is 264 g/mol. The minimum Gasteiger partial charge on any atom is -0.392 e. The molecule has 2 aromatic rings. The molecule has 0 radical (unpaired) electrons. The molecule has 0 bridgehead atoms. The standard InChI is InChI=1S/C12H12N2O3S/c15-9-10-6-7-12(13-8-10)18(16,17)14-11-4-2-1-3-5-11/h1-8,14-15H,9H2. The molecule has 0 aliphatic carbocycles. The number of nitrogens with zero attached hydrogens (tertiary/aromatic N) is 1. The van der Waals surface area contributed by atoms with E-state index < -0.39 is 10.0 Å². The molecule has 1 aromatic heterocycles. The van der Waals surface area contributed by atoms with Crippen molar-refractivity contribution in [1.29, 1.82) is 0 Å². The van der Waals surface area contributed by atoms with Crippen LogP contribution < -0.4 is 4.72 Å². The van der Waals surface area contributed by atoms with Crippen molar-refractivity contribution in [3.8, 4) is 0 Å². The average Bonchev–Trinajstić information content (AvgIpc) is 2.39. The zero-order chi connectivity index (χ0) is 13.0. The summed E-state index contributed by atoms with van der Waals surface area (Å²) in [6.45, 7) is -0.167. The van der Waals surface area contributed by atoms with Crippen LogP contribution in [0.3, 0.4) is 0 Å². The first-order valence-corrected chi connectivity index (χ1v) is 6.74. The summed E-state index contributed by atoms with van der Waals surface area (Å²) in [4.78, 5) is 3.81. The van der Waals surface area contributed by atoms with Gasteiger partial charge >= 0.3 is 0 Å². The van der Waals surface area contributed by atoms with E-state index in [0.717, 1.165) is 0 Å². The third-order valence-corrected chi connectivity index (χ3v) is 3.58. The van der Waals surface area contributed by atoms with Crippen LogP contribution in [0.2, 0.25) is 0 Å². The van der Waals surface area contributed by atoms with E-state index in [1.54, 1.807) is 30.3 Å². The van der Waals surface area contributed by atoms with Gasteiger partial charge in [-0.15, -0.1) is 0 Å². The maximum absolute atomic E-state index is 12.0. The highest BCUT2D eigenvalue weighted by Gasteiger charge is 2.15. The summed E-state index contributed by atoms with van der Waals surface area (Å²) in [6, 6.07) is 11.5. The summed E-state index contributed by atoms with van der Waals surface area (Å²) >= 11 is 0. The van der Waals surface area contributed by atoms with Crippen molar-refractivity contribution < 1.29 is 13.5 Å². The van der Waals surface area contributed by atoms with E-state index in [-0.39, 0.29) is 11.6 Å². The second kappa shape index (κ2) is 5.16. The molecule has 0 aliphatic heterocycles. The normalized spacial score (nSPS) is 11.2. The number of sulfonamides is 1. The first kappa shape index (κ1) is 12.5. The lowest BCUT2D eigenvalue weighted by Crippen LogP contribution is -2.14. The Morgan fingerprint density at radius 1 is 1.11 bits per heavy atom. The van der Waals surface area contributed by atoms with Crippen LogP contribution in [0, 0.1) is 0 Å². The number of aliphatic hydroxyl groups excluding tert-OH is 1. The van der Waals surface area contributed by atoms with E-state index in [2.05, 4.69) is 9.71 Å². The van der Waals surface area contributed by atoms with Gasteiger partial charge in [0.1, 0.15) is 0 Å². The highest BCUT2D eigenvalue weighted by molar-refractivity contribution is 7.92. The van der Waals surface area contributed by atoms with Gasteiger partial charge in [0, 0.05) is 11.9 Å². The number of aliphatic hydroxyl groups is 1. The molecule has 0 spiro atoms. The molecule has 2 N–H and O–H groups in total. The van der Waals surface area contributed by atoms with Crippen molar-refractivity contribution in [2.24, 2.45) is 0 Å². The first-order valence-electron chi connectivity index (χ1n) is 5.25. The van der Waals surface area contributed by atoms with Crippen LogP contribution in [-0.2, 0) is 16.6 Å². The zero-order valence-electron chi connectivity index (χ0n) is 9.45. The maximum atomic E-state index is 12.0. The number of benzene rings is 1. The van der Waals surface area contributed by atoms with Crippen LogP contribution in [0.4, 0.5) is 5.69 Å². The van der Waals surface area contributed by atoms with Gasteiger partial charge in [0.05, 0.1) is 6.61 Å². The van der Waals surface area contributed by atoms with Crippen LogP contribution in [0.1, 0.15) is 5.56 Å². The van der Waals surface area contributed by atoms with E-state index >= 15 is 0 Å². The first-order chi connectivity index (χ1) is 8.62. The third kappa shape index (κ3) is 2.85. The Morgan fingerprint density at radius 2 is 1.83 bits per heavy atom. The molecule has 1 aromatic carbocycles. The molecule has 0 amide bonds. The third-order valence-electron chi connectivity index (χ3n) is 2.28. The van der Waals surface area contributed by atoms with Gasteiger partial charge in [-0.3, -0.25) is 4.72 Å². The summed E-state index contributed by atoms with van der Waals surface area (Å²) in [7, 11) is -3.68. The average molecular weight is 264 g/mol. The molecule has 5 nitrogen and oxygen atoms in total. The molecule has 0 aliphatic rings. The van der Waals surface area contributed by atoms with Gasteiger partial charge in [0.2, 0.25) is 0 Å². The Labute approximate surface area is 105 Å². The second-order valence-electron chi connectivity index (χ2n) is 3.63.